The predicted molar refractivity (Wildman–Crippen MR) is 112 cm³/mol. The molecule has 2 rings (SSSR count). The van der Waals surface area contributed by atoms with E-state index in [2.05, 4.69) is 53.7 Å². The minimum absolute atomic E-state index is 0.326. The molecule has 2 unspecified atom stereocenters. The second-order valence-electron chi connectivity index (χ2n) is 6.70. The Hall–Kier alpha value is -2.53. The summed E-state index contributed by atoms with van der Waals surface area (Å²) in [5, 5.41) is 16.8. The molecule has 27 heavy (non-hydrogen) atoms. The molecule has 2 aromatic rings. The van der Waals surface area contributed by atoms with Gasteiger partial charge in [-0.2, -0.15) is 0 Å². The van der Waals surface area contributed by atoms with Gasteiger partial charge < -0.3 is 20.5 Å². The molecule has 0 amide bonds. The van der Waals surface area contributed by atoms with Crippen molar-refractivity contribution >= 4 is 5.96 Å². The summed E-state index contributed by atoms with van der Waals surface area (Å²) in [7, 11) is 1.63. The summed E-state index contributed by atoms with van der Waals surface area (Å²) in [5.41, 5.74) is 3.38. The predicted octanol–water partition coefficient (Wildman–Crippen LogP) is 3.40. The van der Waals surface area contributed by atoms with Gasteiger partial charge in [0, 0.05) is 25.6 Å². The van der Waals surface area contributed by atoms with Gasteiger partial charge in [-0.3, -0.25) is 4.99 Å². The Labute approximate surface area is 162 Å². The molecule has 0 radical (unpaired) electrons. The first-order valence-corrected chi connectivity index (χ1v) is 9.44. The fourth-order valence-corrected chi connectivity index (χ4v) is 2.71. The first-order valence-electron chi connectivity index (χ1n) is 9.44. The van der Waals surface area contributed by atoms with Crippen LogP contribution in [-0.4, -0.2) is 37.8 Å². The van der Waals surface area contributed by atoms with Crippen LogP contribution in [0, 0.1) is 6.92 Å². The van der Waals surface area contributed by atoms with Gasteiger partial charge in [0.25, 0.3) is 0 Å². The van der Waals surface area contributed by atoms with Crippen molar-refractivity contribution in [2.24, 2.45) is 4.99 Å². The SMILES string of the molecule is CCNC(=NCC(C)c1ccc(C)cc1)NCC(O)c1ccc(OC)cc1. The van der Waals surface area contributed by atoms with Crippen LogP contribution in [0.15, 0.2) is 53.5 Å². The Morgan fingerprint density at radius 3 is 2.26 bits per heavy atom. The van der Waals surface area contributed by atoms with Gasteiger partial charge in [0.1, 0.15) is 5.75 Å². The van der Waals surface area contributed by atoms with E-state index in [1.54, 1.807) is 7.11 Å². The van der Waals surface area contributed by atoms with Crippen molar-refractivity contribution < 1.29 is 9.84 Å². The van der Waals surface area contributed by atoms with Crippen molar-refractivity contribution in [3.05, 3.63) is 65.2 Å². The number of aliphatic hydroxyl groups is 1. The molecule has 2 aromatic carbocycles. The van der Waals surface area contributed by atoms with E-state index in [1.165, 1.54) is 11.1 Å². The molecule has 5 nitrogen and oxygen atoms in total. The lowest BCUT2D eigenvalue weighted by Crippen LogP contribution is -2.39. The Bertz CT molecular complexity index is 711. The summed E-state index contributed by atoms with van der Waals surface area (Å²) in [6.07, 6.45) is -0.616. The smallest absolute Gasteiger partial charge is 0.191 e. The van der Waals surface area contributed by atoms with Crippen LogP contribution >= 0.6 is 0 Å². The molecule has 5 heteroatoms. The van der Waals surface area contributed by atoms with Gasteiger partial charge in [-0.05, 0) is 37.1 Å². The Morgan fingerprint density at radius 2 is 1.67 bits per heavy atom. The van der Waals surface area contributed by atoms with Gasteiger partial charge in [0.2, 0.25) is 0 Å². The lowest BCUT2D eigenvalue weighted by Gasteiger charge is -2.17. The zero-order valence-corrected chi connectivity index (χ0v) is 16.7. The Morgan fingerprint density at radius 1 is 1.04 bits per heavy atom. The summed E-state index contributed by atoms with van der Waals surface area (Å²) in [6, 6.07) is 16.0. The highest BCUT2D eigenvalue weighted by Crippen LogP contribution is 2.17. The van der Waals surface area contributed by atoms with Crippen LogP contribution < -0.4 is 15.4 Å². The number of aryl methyl sites for hydroxylation is 1. The number of guanidine groups is 1. The quantitative estimate of drug-likeness (QED) is 0.493. The molecule has 0 aromatic heterocycles. The van der Waals surface area contributed by atoms with E-state index in [0.717, 1.165) is 17.9 Å². The van der Waals surface area contributed by atoms with Gasteiger partial charge in [-0.25, -0.2) is 0 Å². The van der Waals surface area contributed by atoms with Crippen LogP contribution in [0.4, 0.5) is 0 Å². The number of nitrogens with zero attached hydrogens (tertiary/aromatic N) is 1. The first-order chi connectivity index (χ1) is 13.0. The molecule has 0 aliphatic rings. The van der Waals surface area contributed by atoms with Crippen LogP contribution in [0.25, 0.3) is 0 Å². The number of nitrogens with one attached hydrogen (secondary N) is 2. The molecule has 2 atom stereocenters. The van der Waals surface area contributed by atoms with Crippen LogP contribution in [0.3, 0.4) is 0 Å². The van der Waals surface area contributed by atoms with Crippen LogP contribution in [-0.2, 0) is 0 Å². The van der Waals surface area contributed by atoms with Crippen molar-refractivity contribution in [3.8, 4) is 5.75 Å². The number of hydrogen-bond donors (Lipinski definition) is 3. The molecule has 0 heterocycles. The third-order valence-corrected chi connectivity index (χ3v) is 4.48. The van der Waals surface area contributed by atoms with E-state index in [-0.39, 0.29) is 0 Å². The van der Waals surface area contributed by atoms with Crippen LogP contribution in [0.5, 0.6) is 5.75 Å². The fourth-order valence-electron chi connectivity index (χ4n) is 2.71. The molecule has 0 saturated carbocycles. The monoisotopic (exact) mass is 369 g/mol. The lowest BCUT2D eigenvalue weighted by atomic mass is 10.0. The maximum Gasteiger partial charge on any atom is 0.191 e. The second-order valence-corrected chi connectivity index (χ2v) is 6.70. The third-order valence-electron chi connectivity index (χ3n) is 4.48. The Balaban J connectivity index is 1.92. The molecule has 0 saturated heterocycles. The van der Waals surface area contributed by atoms with E-state index >= 15 is 0 Å². The standard InChI is InChI=1S/C22H31N3O2/c1-5-23-22(24-14-17(3)18-8-6-16(2)7-9-18)25-15-21(26)19-10-12-20(27-4)13-11-19/h6-13,17,21,26H,5,14-15H2,1-4H3,(H2,23,24,25). The summed E-state index contributed by atoms with van der Waals surface area (Å²) in [5.74, 6) is 1.82. The zero-order chi connectivity index (χ0) is 19.6. The molecule has 0 spiro atoms. The highest BCUT2D eigenvalue weighted by atomic mass is 16.5. The van der Waals surface area contributed by atoms with Crippen molar-refractivity contribution in [1.82, 2.24) is 10.6 Å². The summed E-state index contributed by atoms with van der Waals surface area (Å²) < 4.78 is 5.15. The molecule has 0 fully saturated rings. The second kappa shape index (κ2) is 10.6. The normalized spacial score (nSPS) is 13.7. The maximum absolute atomic E-state index is 10.4. The minimum Gasteiger partial charge on any atom is -0.497 e. The average molecular weight is 370 g/mol. The summed E-state index contributed by atoms with van der Waals surface area (Å²) >= 11 is 0. The van der Waals surface area contributed by atoms with E-state index in [9.17, 15) is 5.11 Å². The summed E-state index contributed by atoms with van der Waals surface area (Å²) in [6.45, 7) is 8.12. The zero-order valence-electron chi connectivity index (χ0n) is 16.7. The van der Waals surface area contributed by atoms with Crippen molar-refractivity contribution in [1.29, 1.82) is 0 Å². The molecular weight excluding hydrogens is 338 g/mol. The number of aliphatic hydroxyl groups excluding tert-OH is 1. The highest BCUT2D eigenvalue weighted by molar-refractivity contribution is 5.79. The number of hydrogen-bond acceptors (Lipinski definition) is 3. The first kappa shape index (κ1) is 20.8. The van der Waals surface area contributed by atoms with Gasteiger partial charge in [-0.15, -0.1) is 0 Å². The third kappa shape index (κ3) is 6.61. The number of rotatable bonds is 8. The van der Waals surface area contributed by atoms with E-state index in [4.69, 9.17) is 4.74 Å². The fraction of sp³-hybridized carbons (Fsp3) is 0.409. The van der Waals surface area contributed by atoms with E-state index in [0.29, 0.717) is 25.0 Å². The van der Waals surface area contributed by atoms with E-state index in [1.807, 2.05) is 31.2 Å². The number of benzene rings is 2. The van der Waals surface area contributed by atoms with Crippen molar-refractivity contribution in [2.45, 2.75) is 32.8 Å². The summed E-state index contributed by atoms with van der Waals surface area (Å²) in [4.78, 5) is 4.67. The van der Waals surface area contributed by atoms with Gasteiger partial charge >= 0.3 is 0 Å². The minimum atomic E-state index is -0.616. The molecule has 0 aliphatic heterocycles. The highest BCUT2D eigenvalue weighted by Gasteiger charge is 2.10. The topological polar surface area (TPSA) is 65.9 Å². The van der Waals surface area contributed by atoms with E-state index < -0.39 is 6.10 Å². The molecule has 146 valence electrons. The molecule has 3 N–H and O–H groups in total. The van der Waals surface area contributed by atoms with Gasteiger partial charge in [-0.1, -0.05) is 48.9 Å². The van der Waals surface area contributed by atoms with Crippen LogP contribution in [0.2, 0.25) is 0 Å². The average Bonchev–Trinajstić information content (AvgIpc) is 2.70. The number of aliphatic imine (C=N–C) groups is 1. The molecular formula is C22H31N3O2. The molecule has 0 bridgehead atoms. The van der Waals surface area contributed by atoms with Crippen molar-refractivity contribution in [2.75, 3.05) is 26.7 Å². The maximum atomic E-state index is 10.4. The Kier molecular flexibility index (Phi) is 8.14. The lowest BCUT2D eigenvalue weighted by molar-refractivity contribution is 0.180. The molecule has 0 aliphatic carbocycles. The number of methoxy groups -OCH3 is 1. The van der Waals surface area contributed by atoms with Crippen LogP contribution in [0.1, 0.15) is 42.6 Å². The van der Waals surface area contributed by atoms with Crippen molar-refractivity contribution in [3.63, 3.8) is 0 Å². The van der Waals surface area contributed by atoms with Gasteiger partial charge in [0.15, 0.2) is 5.96 Å². The number of ether oxygens (including phenoxy) is 1. The van der Waals surface area contributed by atoms with Gasteiger partial charge in [0.05, 0.1) is 13.2 Å². The largest absolute Gasteiger partial charge is 0.497 e.